The van der Waals surface area contributed by atoms with Gasteiger partial charge >= 0.3 is 6.18 Å². The van der Waals surface area contributed by atoms with Gasteiger partial charge < -0.3 is 4.74 Å². The molecule has 0 aliphatic heterocycles. The van der Waals surface area contributed by atoms with Crippen LogP contribution in [0.15, 0.2) is 36.8 Å². The van der Waals surface area contributed by atoms with Crippen molar-refractivity contribution >= 4 is 22.5 Å². The lowest BCUT2D eigenvalue weighted by atomic mass is 10.3. The van der Waals surface area contributed by atoms with E-state index in [-0.39, 0.29) is 5.75 Å². The molecule has 3 rings (SSSR count). The number of ether oxygens (including phenoxy) is 1. The second-order valence-electron chi connectivity index (χ2n) is 4.75. The second kappa shape index (κ2) is 6.04. The quantitative estimate of drug-likeness (QED) is 0.681. The van der Waals surface area contributed by atoms with Gasteiger partial charge in [0.05, 0.1) is 29.3 Å². The van der Waals surface area contributed by atoms with Gasteiger partial charge in [-0.2, -0.15) is 18.3 Å². The Labute approximate surface area is 133 Å². The van der Waals surface area contributed by atoms with E-state index in [1.165, 1.54) is 12.3 Å². The van der Waals surface area contributed by atoms with E-state index >= 15 is 0 Å². The van der Waals surface area contributed by atoms with Crippen LogP contribution in [-0.2, 0) is 6.54 Å². The average Bonchev–Trinajstić information content (AvgIpc) is 2.90. The first-order valence-electron chi connectivity index (χ1n) is 6.53. The summed E-state index contributed by atoms with van der Waals surface area (Å²) >= 11 is 5.98. The van der Waals surface area contributed by atoms with Crippen molar-refractivity contribution in [3.05, 3.63) is 47.6 Å². The molecule has 3 aromatic rings. The highest BCUT2D eigenvalue weighted by atomic mass is 35.5. The fourth-order valence-electron chi connectivity index (χ4n) is 1.96. The summed E-state index contributed by atoms with van der Waals surface area (Å²) in [5.74, 6) is 0.0592. The predicted octanol–water partition coefficient (Wildman–Crippen LogP) is 3.47. The van der Waals surface area contributed by atoms with Gasteiger partial charge in [-0.3, -0.25) is 9.67 Å². The van der Waals surface area contributed by atoms with Crippen LogP contribution in [0.5, 0.6) is 5.75 Å². The zero-order chi connectivity index (χ0) is 16.4. The van der Waals surface area contributed by atoms with Gasteiger partial charge in [0.2, 0.25) is 0 Å². The molecule has 0 aromatic carbocycles. The van der Waals surface area contributed by atoms with Crippen molar-refractivity contribution in [3.63, 3.8) is 0 Å². The molecule has 5 nitrogen and oxygen atoms in total. The van der Waals surface area contributed by atoms with E-state index in [4.69, 9.17) is 11.6 Å². The Bertz CT molecular complexity index is 817. The van der Waals surface area contributed by atoms with Gasteiger partial charge in [-0.25, -0.2) is 4.98 Å². The lowest BCUT2D eigenvalue weighted by Gasteiger charge is -2.09. The van der Waals surface area contributed by atoms with Crippen molar-refractivity contribution in [1.82, 2.24) is 19.7 Å². The molecular weight excluding hydrogens is 333 g/mol. The summed E-state index contributed by atoms with van der Waals surface area (Å²) in [6.45, 7) is -0.991. The molecule has 0 aliphatic rings. The number of hydrogen-bond donors (Lipinski definition) is 0. The van der Waals surface area contributed by atoms with Gasteiger partial charge in [-0.05, 0) is 18.2 Å². The summed E-state index contributed by atoms with van der Waals surface area (Å²) in [6.07, 6.45) is 0.174. The first-order chi connectivity index (χ1) is 10.9. The highest BCUT2D eigenvalue weighted by Crippen LogP contribution is 2.20. The third-order valence-electron chi connectivity index (χ3n) is 2.96. The minimum Gasteiger partial charge on any atom is -0.483 e. The van der Waals surface area contributed by atoms with Crippen LogP contribution in [0.25, 0.3) is 10.9 Å². The molecule has 120 valence electrons. The molecule has 0 atom stereocenters. The van der Waals surface area contributed by atoms with Crippen LogP contribution < -0.4 is 4.74 Å². The van der Waals surface area contributed by atoms with E-state index in [1.54, 1.807) is 29.2 Å². The van der Waals surface area contributed by atoms with Crippen LogP contribution in [0.4, 0.5) is 13.2 Å². The maximum absolute atomic E-state index is 12.1. The summed E-state index contributed by atoms with van der Waals surface area (Å²) in [5.41, 5.74) is 1.33. The molecule has 9 heteroatoms. The zero-order valence-corrected chi connectivity index (χ0v) is 12.3. The predicted molar refractivity (Wildman–Crippen MR) is 77.4 cm³/mol. The third kappa shape index (κ3) is 3.89. The monoisotopic (exact) mass is 342 g/mol. The van der Waals surface area contributed by atoms with Crippen molar-refractivity contribution in [3.8, 4) is 5.75 Å². The molecule has 0 unspecified atom stereocenters. The number of hydrogen-bond acceptors (Lipinski definition) is 4. The fourth-order valence-corrected chi connectivity index (χ4v) is 2.17. The molecule has 0 fully saturated rings. The van der Waals surface area contributed by atoms with Gasteiger partial charge in [0.25, 0.3) is 0 Å². The van der Waals surface area contributed by atoms with Crippen LogP contribution in [0.2, 0.25) is 5.15 Å². The smallest absolute Gasteiger partial charge is 0.422 e. The van der Waals surface area contributed by atoms with Crippen molar-refractivity contribution in [2.24, 2.45) is 0 Å². The molecule has 3 aromatic heterocycles. The Hall–Kier alpha value is -2.35. The molecule has 0 aliphatic carbocycles. The van der Waals surface area contributed by atoms with Crippen LogP contribution in [0.1, 0.15) is 5.69 Å². The van der Waals surface area contributed by atoms with E-state index in [0.29, 0.717) is 22.9 Å². The number of fused-ring (bicyclic) bond motifs is 1. The van der Waals surface area contributed by atoms with E-state index in [9.17, 15) is 13.2 Å². The number of nitrogens with zero attached hydrogens (tertiary/aromatic N) is 4. The van der Waals surface area contributed by atoms with E-state index in [0.717, 1.165) is 5.39 Å². The van der Waals surface area contributed by atoms with Crippen LogP contribution >= 0.6 is 11.6 Å². The number of halogens is 4. The summed E-state index contributed by atoms with van der Waals surface area (Å²) in [5, 5.41) is 5.41. The summed E-state index contributed by atoms with van der Waals surface area (Å²) in [6, 6.07) is 4.75. The number of alkyl halides is 3. The normalized spacial score (nSPS) is 11.8. The fraction of sp³-hybridized carbons (Fsp3) is 0.214. The maximum Gasteiger partial charge on any atom is 0.422 e. The van der Waals surface area contributed by atoms with Gasteiger partial charge in [0.15, 0.2) is 6.61 Å². The largest absolute Gasteiger partial charge is 0.483 e. The number of rotatable bonds is 4. The Morgan fingerprint density at radius 1 is 1.17 bits per heavy atom. The lowest BCUT2D eigenvalue weighted by Crippen LogP contribution is -2.19. The average molecular weight is 343 g/mol. The van der Waals surface area contributed by atoms with Gasteiger partial charge in [0.1, 0.15) is 10.9 Å². The maximum atomic E-state index is 12.1. The van der Waals surface area contributed by atoms with E-state index in [2.05, 4.69) is 19.8 Å². The highest BCUT2D eigenvalue weighted by Gasteiger charge is 2.28. The molecule has 0 bridgehead atoms. The molecule has 0 saturated carbocycles. The summed E-state index contributed by atoms with van der Waals surface area (Å²) in [4.78, 5) is 8.03. The molecule has 23 heavy (non-hydrogen) atoms. The third-order valence-corrected chi connectivity index (χ3v) is 3.26. The Morgan fingerprint density at radius 2 is 2.00 bits per heavy atom. The summed E-state index contributed by atoms with van der Waals surface area (Å²) in [7, 11) is 0. The van der Waals surface area contributed by atoms with E-state index < -0.39 is 12.8 Å². The molecule has 0 spiro atoms. The minimum absolute atomic E-state index is 0.0592. The van der Waals surface area contributed by atoms with Crippen molar-refractivity contribution in [2.45, 2.75) is 12.7 Å². The standard InChI is InChI=1S/C14H10ClF3N4O/c15-13-11-7-22(21-12(11)3-4-19-13)6-9-1-2-10(5-20-9)23-8-14(16,17)18/h1-5,7H,6,8H2. The first-order valence-corrected chi connectivity index (χ1v) is 6.91. The number of aromatic nitrogens is 4. The molecule has 3 heterocycles. The second-order valence-corrected chi connectivity index (χ2v) is 5.11. The Kier molecular flexibility index (Phi) is 4.08. The van der Waals surface area contributed by atoms with Gasteiger partial charge in [-0.1, -0.05) is 11.6 Å². The Morgan fingerprint density at radius 3 is 2.65 bits per heavy atom. The van der Waals surface area contributed by atoms with E-state index in [1.807, 2.05) is 0 Å². The van der Waals surface area contributed by atoms with Gasteiger partial charge in [0, 0.05) is 12.4 Å². The molecule has 0 saturated heterocycles. The molecule has 0 amide bonds. The highest BCUT2D eigenvalue weighted by molar-refractivity contribution is 6.34. The topological polar surface area (TPSA) is 52.8 Å². The zero-order valence-electron chi connectivity index (χ0n) is 11.6. The molecule has 0 radical (unpaired) electrons. The molecule has 0 N–H and O–H groups in total. The number of pyridine rings is 2. The first kappa shape index (κ1) is 15.5. The summed E-state index contributed by atoms with van der Waals surface area (Å²) < 4.78 is 42.4. The van der Waals surface area contributed by atoms with Crippen LogP contribution in [0, 0.1) is 0 Å². The minimum atomic E-state index is -4.37. The van der Waals surface area contributed by atoms with Gasteiger partial charge in [-0.15, -0.1) is 0 Å². The SMILES string of the molecule is FC(F)(F)COc1ccc(Cn2cc3c(Cl)nccc3n2)nc1. The lowest BCUT2D eigenvalue weighted by molar-refractivity contribution is -0.153. The van der Waals surface area contributed by atoms with Crippen LogP contribution in [0.3, 0.4) is 0 Å². The van der Waals surface area contributed by atoms with Crippen LogP contribution in [-0.4, -0.2) is 32.5 Å². The van der Waals surface area contributed by atoms with Crippen molar-refractivity contribution < 1.29 is 17.9 Å². The van der Waals surface area contributed by atoms with Crippen molar-refractivity contribution in [2.75, 3.05) is 6.61 Å². The Balaban J connectivity index is 1.71. The molecular formula is C14H10ClF3N4O. The van der Waals surface area contributed by atoms with Crippen molar-refractivity contribution in [1.29, 1.82) is 0 Å².